The van der Waals surface area contributed by atoms with Gasteiger partial charge in [-0.3, -0.25) is 9.59 Å². The van der Waals surface area contributed by atoms with E-state index in [1.807, 2.05) is 0 Å². The first-order chi connectivity index (χ1) is 15.0. The first-order valence-corrected chi connectivity index (χ1v) is 13.0. The summed E-state index contributed by atoms with van der Waals surface area (Å²) in [7, 11) is -5.99. The van der Waals surface area contributed by atoms with E-state index in [1.165, 1.54) is 38.5 Å². The molecule has 0 saturated heterocycles. The number of hydrogen-bond acceptors (Lipinski definition) is 5. The maximum Gasteiger partial charge on any atom is 0.410 e. The van der Waals surface area contributed by atoms with Crippen molar-refractivity contribution in [3.63, 3.8) is 0 Å². The third-order valence-electron chi connectivity index (χ3n) is 5.14. The smallest absolute Gasteiger partial charge is 0.410 e. The summed E-state index contributed by atoms with van der Waals surface area (Å²) in [6.45, 7) is 5.93. The second kappa shape index (κ2) is 17.0. The molecule has 0 spiro atoms. The standard InChI is InChI=1S/C22H40F2N2O5S/c1-19(2)20(27)25-17-15-13-11-9-7-5-3-4-6-8-10-12-14-16-18-26-21(28)22(23,24)32(29,30)31/h1,3-18H2,2H3,(H,25,27)(H,26,28)(H,29,30,31)/p-1. The van der Waals surface area contributed by atoms with Crippen LogP contribution < -0.4 is 10.6 Å². The Morgan fingerprint density at radius 3 is 1.38 bits per heavy atom. The van der Waals surface area contributed by atoms with E-state index in [2.05, 4.69) is 11.9 Å². The van der Waals surface area contributed by atoms with Gasteiger partial charge < -0.3 is 15.2 Å². The molecule has 0 heterocycles. The summed E-state index contributed by atoms with van der Waals surface area (Å²) >= 11 is 0. The average molecular weight is 482 g/mol. The minimum absolute atomic E-state index is 0.0717. The van der Waals surface area contributed by atoms with Gasteiger partial charge in [0.2, 0.25) is 5.91 Å². The number of unbranched alkanes of at least 4 members (excludes halogenated alkanes) is 13. The van der Waals surface area contributed by atoms with Gasteiger partial charge in [-0.25, -0.2) is 8.42 Å². The van der Waals surface area contributed by atoms with Crippen LogP contribution >= 0.6 is 0 Å². The molecule has 32 heavy (non-hydrogen) atoms. The second-order valence-electron chi connectivity index (χ2n) is 8.21. The van der Waals surface area contributed by atoms with E-state index >= 15 is 0 Å². The Hall–Kier alpha value is -1.55. The van der Waals surface area contributed by atoms with Crippen molar-refractivity contribution in [1.82, 2.24) is 10.6 Å². The highest BCUT2D eigenvalue weighted by Crippen LogP contribution is 2.20. The molecule has 0 aromatic heterocycles. The minimum Gasteiger partial charge on any atom is -0.743 e. The fraction of sp³-hybridized carbons (Fsp3) is 0.818. The van der Waals surface area contributed by atoms with Crippen molar-refractivity contribution in [3.05, 3.63) is 12.2 Å². The SMILES string of the molecule is C=C(C)C(=O)NCCCCCCCCCCCCCCCCNC(=O)C(F)(F)S(=O)(=O)[O-]. The highest BCUT2D eigenvalue weighted by atomic mass is 32.2. The fourth-order valence-corrected chi connectivity index (χ4v) is 3.44. The fourth-order valence-electron chi connectivity index (χ4n) is 3.14. The number of alkyl halides is 2. The van der Waals surface area contributed by atoms with Crippen LogP contribution in [0.3, 0.4) is 0 Å². The van der Waals surface area contributed by atoms with Crippen LogP contribution in [0.4, 0.5) is 8.78 Å². The zero-order valence-corrected chi connectivity index (χ0v) is 20.0. The second-order valence-corrected chi connectivity index (χ2v) is 9.63. The maximum absolute atomic E-state index is 13.0. The van der Waals surface area contributed by atoms with Crippen LogP contribution in [-0.2, 0) is 19.7 Å². The quantitative estimate of drug-likeness (QED) is 0.152. The number of carbonyl (C=O) groups is 2. The molecule has 0 fully saturated rings. The Labute approximate surface area is 191 Å². The summed E-state index contributed by atoms with van der Waals surface area (Å²) in [5.41, 5.74) is 0.541. The summed E-state index contributed by atoms with van der Waals surface area (Å²) in [6.07, 6.45) is 14.8. The molecule has 188 valence electrons. The van der Waals surface area contributed by atoms with Crippen LogP contribution in [0.2, 0.25) is 0 Å². The molecule has 0 aliphatic carbocycles. The molecule has 0 rings (SSSR count). The summed E-state index contributed by atoms with van der Waals surface area (Å²) in [6, 6.07) is 0. The van der Waals surface area contributed by atoms with Gasteiger partial charge >= 0.3 is 11.2 Å². The normalized spacial score (nSPS) is 11.9. The van der Waals surface area contributed by atoms with Crippen molar-refractivity contribution in [2.75, 3.05) is 13.1 Å². The van der Waals surface area contributed by atoms with Crippen molar-refractivity contribution in [3.8, 4) is 0 Å². The lowest BCUT2D eigenvalue weighted by atomic mass is 10.0. The van der Waals surface area contributed by atoms with Gasteiger partial charge in [-0.2, -0.15) is 8.78 Å². The lowest BCUT2D eigenvalue weighted by Crippen LogP contribution is -2.46. The number of amides is 2. The molecule has 10 heteroatoms. The van der Waals surface area contributed by atoms with Crippen LogP contribution in [-0.4, -0.2) is 43.1 Å². The number of carbonyl (C=O) groups excluding carboxylic acids is 2. The third-order valence-corrected chi connectivity index (χ3v) is 5.95. The van der Waals surface area contributed by atoms with Crippen molar-refractivity contribution >= 4 is 21.9 Å². The molecule has 2 N–H and O–H groups in total. The number of hydrogen-bond donors (Lipinski definition) is 2. The number of rotatable bonds is 20. The van der Waals surface area contributed by atoms with E-state index in [-0.39, 0.29) is 12.5 Å². The summed E-state index contributed by atoms with van der Waals surface area (Å²) in [5, 5.41) is -0.287. The van der Waals surface area contributed by atoms with Crippen molar-refractivity contribution in [2.24, 2.45) is 0 Å². The lowest BCUT2D eigenvalue weighted by molar-refractivity contribution is -0.136. The van der Waals surface area contributed by atoms with Gasteiger partial charge in [0.15, 0.2) is 10.1 Å². The Balaban J connectivity index is 3.36. The molecule has 0 unspecified atom stereocenters. The zero-order chi connectivity index (χ0) is 24.5. The van der Waals surface area contributed by atoms with Crippen molar-refractivity contribution in [1.29, 1.82) is 0 Å². The van der Waals surface area contributed by atoms with Crippen LogP contribution in [0.1, 0.15) is 96.8 Å². The van der Waals surface area contributed by atoms with Gasteiger partial charge in [-0.1, -0.05) is 83.6 Å². The van der Waals surface area contributed by atoms with E-state index in [0.717, 1.165) is 44.9 Å². The average Bonchev–Trinajstić information content (AvgIpc) is 2.71. The molecule has 0 aromatic rings. The topological polar surface area (TPSA) is 115 Å². The van der Waals surface area contributed by atoms with E-state index < -0.39 is 21.3 Å². The van der Waals surface area contributed by atoms with Crippen LogP contribution in [0.15, 0.2) is 12.2 Å². The van der Waals surface area contributed by atoms with Crippen molar-refractivity contribution < 1.29 is 31.3 Å². The first kappa shape index (κ1) is 30.4. The molecule has 0 saturated carbocycles. The van der Waals surface area contributed by atoms with Gasteiger partial charge in [-0.15, -0.1) is 0 Å². The van der Waals surface area contributed by atoms with Crippen molar-refractivity contribution in [2.45, 2.75) is 102 Å². The molecule has 0 bridgehead atoms. The largest absolute Gasteiger partial charge is 0.743 e. The Morgan fingerprint density at radius 2 is 1.06 bits per heavy atom. The van der Waals surface area contributed by atoms with Gasteiger partial charge in [0.25, 0.3) is 0 Å². The minimum atomic E-state index is -5.99. The van der Waals surface area contributed by atoms with E-state index in [1.54, 1.807) is 12.2 Å². The number of halogens is 2. The maximum atomic E-state index is 13.0. The monoisotopic (exact) mass is 481 g/mol. The highest BCUT2D eigenvalue weighted by molar-refractivity contribution is 7.87. The predicted octanol–water partition coefficient (Wildman–Crippen LogP) is 4.39. The molecular formula is C22H39F2N2O5S-. The third kappa shape index (κ3) is 14.5. The van der Waals surface area contributed by atoms with E-state index in [0.29, 0.717) is 18.5 Å². The highest BCUT2D eigenvalue weighted by Gasteiger charge is 2.46. The van der Waals surface area contributed by atoms with Gasteiger partial charge in [0.05, 0.1) is 0 Å². The molecule has 0 atom stereocenters. The lowest BCUT2D eigenvalue weighted by Gasteiger charge is -2.18. The molecule has 0 radical (unpaired) electrons. The van der Waals surface area contributed by atoms with E-state index in [9.17, 15) is 31.3 Å². The van der Waals surface area contributed by atoms with Crippen LogP contribution in [0, 0.1) is 0 Å². The molecule has 0 aliphatic rings. The Bertz CT molecular complexity index is 669. The zero-order valence-electron chi connectivity index (χ0n) is 19.2. The van der Waals surface area contributed by atoms with E-state index in [4.69, 9.17) is 0 Å². The molecule has 0 aromatic carbocycles. The van der Waals surface area contributed by atoms with Crippen LogP contribution in [0.5, 0.6) is 0 Å². The Kier molecular flexibility index (Phi) is 16.2. The summed E-state index contributed by atoms with van der Waals surface area (Å²) in [4.78, 5) is 22.4. The Morgan fingerprint density at radius 1 is 0.750 bits per heavy atom. The molecular weight excluding hydrogens is 442 g/mol. The van der Waals surface area contributed by atoms with Crippen LogP contribution in [0.25, 0.3) is 0 Å². The number of nitrogens with one attached hydrogen (secondary N) is 2. The molecule has 2 amide bonds. The van der Waals surface area contributed by atoms with Gasteiger partial charge in [-0.05, 0) is 19.8 Å². The molecule has 7 nitrogen and oxygen atoms in total. The molecule has 0 aliphatic heterocycles. The van der Waals surface area contributed by atoms with Gasteiger partial charge in [0, 0.05) is 18.7 Å². The predicted molar refractivity (Wildman–Crippen MR) is 120 cm³/mol. The van der Waals surface area contributed by atoms with Gasteiger partial charge in [0.1, 0.15) is 0 Å². The summed E-state index contributed by atoms with van der Waals surface area (Å²) in [5.74, 6) is -2.13. The summed E-state index contributed by atoms with van der Waals surface area (Å²) < 4.78 is 56.9. The first-order valence-electron chi connectivity index (χ1n) is 11.6.